The Balaban J connectivity index is 1.57. The van der Waals surface area contributed by atoms with E-state index in [1.807, 2.05) is 0 Å². The zero-order valence-electron chi connectivity index (χ0n) is 14.9. The van der Waals surface area contributed by atoms with Crippen LogP contribution in [0, 0.1) is 34.4 Å². The highest BCUT2D eigenvalue weighted by molar-refractivity contribution is 9.10. The van der Waals surface area contributed by atoms with E-state index in [0.717, 1.165) is 19.3 Å². The Morgan fingerprint density at radius 2 is 1.96 bits per heavy atom. The van der Waals surface area contributed by atoms with Crippen molar-refractivity contribution in [1.82, 2.24) is 0 Å². The SMILES string of the molecule is N#CCCN(C(=O)CC12CC3CC(CC(Br)(C3)C1)C2)c1ccccc1F. The first-order valence-corrected chi connectivity index (χ1v) is 10.3. The lowest BCUT2D eigenvalue weighted by molar-refractivity contribution is -0.125. The fourth-order valence-electron chi connectivity index (χ4n) is 6.17. The van der Waals surface area contributed by atoms with Gasteiger partial charge < -0.3 is 4.90 Å². The van der Waals surface area contributed by atoms with Crippen LogP contribution in [0.5, 0.6) is 0 Å². The van der Waals surface area contributed by atoms with Crippen LogP contribution in [0.3, 0.4) is 0 Å². The van der Waals surface area contributed by atoms with Crippen LogP contribution in [0.4, 0.5) is 10.1 Å². The molecule has 3 nitrogen and oxygen atoms in total. The van der Waals surface area contributed by atoms with Gasteiger partial charge in [0, 0.05) is 17.3 Å². The van der Waals surface area contributed by atoms with Crippen molar-refractivity contribution >= 4 is 27.5 Å². The first-order chi connectivity index (χ1) is 12.4. The van der Waals surface area contributed by atoms with E-state index in [9.17, 15) is 9.18 Å². The van der Waals surface area contributed by atoms with Gasteiger partial charge in [0.2, 0.25) is 5.91 Å². The number of benzene rings is 1. The minimum atomic E-state index is -0.402. The molecule has 4 bridgehead atoms. The number of carbonyl (C=O) groups excluding carboxylic acids is 1. The van der Waals surface area contributed by atoms with Gasteiger partial charge >= 0.3 is 0 Å². The van der Waals surface area contributed by atoms with Crippen molar-refractivity contribution in [3.05, 3.63) is 30.1 Å². The van der Waals surface area contributed by atoms with Gasteiger partial charge in [0.25, 0.3) is 0 Å². The number of anilines is 1. The van der Waals surface area contributed by atoms with Gasteiger partial charge in [-0.1, -0.05) is 28.1 Å². The van der Waals surface area contributed by atoms with Crippen LogP contribution in [0.15, 0.2) is 24.3 Å². The molecule has 0 N–H and O–H groups in total. The molecule has 2 unspecified atom stereocenters. The Kier molecular flexibility index (Phi) is 4.59. The Morgan fingerprint density at radius 3 is 2.58 bits per heavy atom. The summed E-state index contributed by atoms with van der Waals surface area (Å²) in [6.07, 6.45) is 7.71. The summed E-state index contributed by atoms with van der Waals surface area (Å²) in [6.45, 7) is 0.249. The third kappa shape index (κ3) is 3.29. The molecule has 1 amide bonds. The van der Waals surface area contributed by atoms with Gasteiger partial charge in [-0.05, 0) is 67.9 Å². The van der Waals surface area contributed by atoms with E-state index in [1.165, 1.54) is 30.2 Å². The van der Waals surface area contributed by atoms with Crippen molar-refractivity contribution in [2.24, 2.45) is 17.3 Å². The Hall–Kier alpha value is -1.41. The van der Waals surface area contributed by atoms with Crippen molar-refractivity contribution < 1.29 is 9.18 Å². The number of hydrogen-bond acceptors (Lipinski definition) is 2. The first-order valence-electron chi connectivity index (χ1n) is 9.53. The zero-order chi connectivity index (χ0) is 18.4. The van der Waals surface area contributed by atoms with Crippen molar-refractivity contribution in [3.8, 4) is 6.07 Å². The highest BCUT2D eigenvalue weighted by Crippen LogP contribution is 2.65. The van der Waals surface area contributed by atoms with Crippen LogP contribution in [0.1, 0.15) is 51.4 Å². The van der Waals surface area contributed by atoms with Crippen molar-refractivity contribution in [2.75, 3.05) is 11.4 Å². The van der Waals surface area contributed by atoms with Gasteiger partial charge in [-0.15, -0.1) is 0 Å². The number of hydrogen-bond donors (Lipinski definition) is 0. The standard InChI is InChI=1S/C21H24BrFN2O/c22-21-11-15-8-16(12-21)10-20(9-15,14-21)13-19(26)25(7-3-6-24)18-5-2-1-4-17(18)23/h1-2,4-5,15-16H,3,7-14H2. The van der Waals surface area contributed by atoms with Gasteiger partial charge in [0.1, 0.15) is 5.82 Å². The molecule has 1 aromatic carbocycles. The molecule has 1 aromatic rings. The van der Waals surface area contributed by atoms with Crippen LogP contribution in [0.25, 0.3) is 0 Å². The third-order valence-electron chi connectivity index (χ3n) is 6.53. The molecule has 138 valence electrons. The minimum absolute atomic E-state index is 0.0385. The molecule has 0 heterocycles. The Bertz CT molecular complexity index is 745. The number of para-hydroxylation sites is 1. The number of nitrogens with zero attached hydrogens (tertiary/aromatic N) is 2. The molecule has 26 heavy (non-hydrogen) atoms. The average Bonchev–Trinajstić information content (AvgIpc) is 2.54. The van der Waals surface area contributed by atoms with E-state index >= 15 is 0 Å². The van der Waals surface area contributed by atoms with Gasteiger partial charge in [-0.2, -0.15) is 5.26 Å². The number of amides is 1. The number of halogens is 2. The molecule has 0 saturated heterocycles. The Labute approximate surface area is 162 Å². The maximum Gasteiger partial charge on any atom is 0.227 e. The highest BCUT2D eigenvalue weighted by atomic mass is 79.9. The summed E-state index contributed by atoms with van der Waals surface area (Å²) in [7, 11) is 0. The van der Waals surface area contributed by atoms with E-state index in [-0.39, 0.29) is 28.6 Å². The fraction of sp³-hybridized carbons (Fsp3) is 0.619. The second-order valence-electron chi connectivity index (χ2n) is 8.69. The smallest absolute Gasteiger partial charge is 0.227 e. The molecular weight excluding hydrogens is 395 g/mol. The van der Waals surface area contributed by atoms with Crippen LogP contribution in [0.2, 0.25) is 0 Å². The maximum absolute atomic E-state index is 14.3. The van der Waals surface area contributed by atoms with E-state index in [2.05, 4.69) is 22.0 Å². The van der Waals surface area contributed by atoms with Gasteiger partial charge in [0.05, 0.1) is 18.2 Å². The topological polar surface area (TPSA) is 44.1 Å². The molecule has 4 aliphatic rings. The summed E-state index contributed by atoms with van der Waals surface area (Å²) in [6, 6.07) is 8.46. The van der Waals surface area contributed by atoms with Crippen LogP contribution < -0.4 is 4.90 Å². The highest BCUT2D eigenvalue weighted by Gasteiger charge is 2.57. The predicted molar refractivity (Wildman–Crippen MR) is 102 cm³/mol. The molecule has 4 aliphatic carbocycles. The molecule has 0 spiro atoms. The largest absolute Gasteiger partial charge is 0.309 e. The molecule has 5 rings (SSSR count). The summed E-state index contributed by atoms with van der Waals surface area (Å²) in [4.78, 5) is 14.7. The van der Waals surface area contributed by atoms with Crippen LogP contribution in [-0.2, 0) is 4.79 Å². The first kappa shape index (κ1) is 18.0. The number of rotatable bonds is 5. The number of alkyl halides is 1. The fourth-order valence-corrected chi connectivity index (χ4v) is 7.68. The molecule has 4 fully saturated rings. The summed E-state index contributed by atoms with van der Waals surface area (Å²) in [5.74, 6) is 0.985. The molecule has 5 heteroatoms. The molecule has 4 saturated carbocycles. The number of carbonyl (C=O) groups is 1. The lowest BCUT2D eigenvalue weighted by atomic mass is 9.48. The molecule has 0 aromatic heterocycles. The third-order valence-corrected chi connectivity index (χ3v) is 7.46. The van der Waals surface area contributed by atoms with E-state index in [4.69, 9.17) is 5.26 Å². The monoisotopic (exact) mass is 418 g/mol. The van der Waals surface area contributed by atoms with Crippen LogP contribution in [-0.4, -0.2) is 16.8 Å². The maximum atomic E-state index is 14.3. The molecule has 0 radical (unpaired) electrons. The second kappa shape index (κ2) is 6.64. The molecule has 2 atom stereocenters. The van der Waals surface area contributed by atoms with Crippen LogP contribution >= 0.6 is 15.9 Å². The summed E-state index contributed by atoms with van der Waals surface area (Å²) < 4.78 is 14.5. The normalized spacial score (nSPS) is 34.5. The molecule has 0 aliphatic heterocycles. The second-order valence-corrected chi connectivity index (χ2v) is 10.4. The number of nitriles is 1. The van der Waals surface area contributed by atoms with E-state index < -0.39 is 5.82 Å². The van der Waals surface area contributed by atoms with Crippen molar-refractivity contribution in [1.29, 1.82) is 5.26 Å². The zero-order valence-corrected chi connectivity index (χ0v) is 16.5. The average molecular weight is 419 g/mol. The van der Waals surface area contributed by atoms with E-state index in [1.54, 1.807) is 18.2 Å². The lowest BCUT2D eigenvalue weighted by Gasteiger charge is -2.60. The minimum Gasteiger partial charge on any atom is -0.309 e. The summed E-state index contributed by atoms with van der Waals surface area (Å²) in [5, 5.41) is 8.96. The van der Waals surface area contributed by atoms with Crippen molar-refractivity contribution in [3.63, 3.8) is 0 Å². The lowest BCUT2D eigenvalue weighted by Crippen LogP contribution is -2.54. The van der Waals surface area contributed by atoms with Gasteiger partial charge in [0.15, 0.2) is 0 Å². The quantitative estimate of drug-likeness (QED) is 0.616. The van der Waals surface area contributed by atoms with Gasteiger partial charge in [-0.25, -0.2) is 4.39 Å². The Morgan fingerprint density at radius 1 is 1.27 bits per heavy atom. The summed E-state index contributed by atoms with van der Waals surface area (Å²) in [5.41, 5.74) is 0.340. The van der Waals surface area contributed by atoms with Crippen molar-refractivity contribution in [2.45, 2.75) is 55.7 Å². The predicted octanol–water partition coefficient (Wildman–Crippen LogP) is 5.20. The van der Waals surface area contributed by atoms with Gasteiger partial charge in [-0.3, -0.25) is 4.79 Å². The molecular formula is C21H24BrFN2O. The summed E-state index contributed by atoms with van der Waals surface area (Å²) >= 11 is 3.99. The van der Waals surface area contributed by atoms with E-state index in [0.29, 0.717) is 23.9 Å².